The monoisotopic (exact) mass is 212 g/mol. The molecular weight excluding hydrogens is 192 g/mol. The first-order valence-electron chi connectivity index (χ1n) is 5.40. The van der Waals surface area contributed by atoms with Gasteiger partial charge < -0.3 is 20.1 Å². The molecule has 15 heavy (non-hydrogen) atoms. The summed E-state index contributed by atoms with van der Waals surface area (Å²) in [6, 6.07) is 2.06. The highest BCUT2D eigenvalue weighted by Crippen LogP contribution is 2.01. The zero-order chi connectivity index (χ0) is 11.1. The Hall–Kier alpha value is -0.840. The Kier molecular flexibility index (Phi) is 5.39. The summed E-state index contributed by atoms with van der Waals surface area (Å²) in [5.41, 5.74) is 1.20. The normalized spacial score (nSPS) is 13.0. The van der Waals surface area contributed by atoms with E-state index in [0.717, 1.165) is 19.5 Å². The van der Waals surface area contributed by atoms with Crippen LogP contribution in [0.25, 0.3) is 0 Å². The van der Waals surface area contributed by atoms with Crippen LogP contribution in [0.3, 0.4) is 0 Å². The molecule has 86 valence electrons. The fraction of sp³-hybridized carbons (Fsp3) is 0.636. The lowest BCUT2D eigenvalue weighted by molar-refractivity contribution is 0.0942. The molecule has 0 fully saturated rings. The van der Waals surface area contributed by atoms with Crippen LogP contribution in [-0.2, 0) is 13.1 Å². The molecular formula is C11H20N2O2. The van der Waals surface area contributed by atoms with Crippen molar-refractivity contribution in [3.8, 4) is 0 Å². The molecule has 0 aromatic carbocycles. The molecule has 0 aliphatic rings. The van der Waals surface area contributed by atoms with Crippen LogP contribution in [0.5, 0.6) is 0 Å². The minimum atomic E-state index is -0.664. The number of rotatable bonds is 7. The maximum absolute atomic E-state index is 9.11. The molecule has 3 N–H and O–H groups in total. The quantitative estimate of drug-likeness (QED) is 0.611. The van der Waals surface area contributed by atoms with Gasteiger partial charge in [0.1, 0.15) is 0 Å². The van der Waals surface area contributed by atoms with Gasteiger partial charge in [-0.2, -0.15) is 0 Å². The second-order valence-corrected chi connectivity index (χ2v) is 3.72. The van der Waals surface area contributed by atoms with E-state index in [4.69, 9.17) is 10.2 Å². The van der Waals surface area contributed by atoms with Crippen molar-refractivity contribution in [3.63, 3.8) is 0 Å². The fourth-order valence-electron chi connectivity index (χ4n) is 1.44. The number of hydrogen-bond acceptors (Lipinski definition) is 3. The minimum absolute atomic E-state index is 0.191. The van der Waals surface area contributed by atoms with Crippen molar-refractivity contribution in [2.75, 3.05) is 13.2 Å². The first-order valence-corrected chi connectivity index (χ1v) is 5.40. The van der Waals surface area contributed by atoms with Gasteiger partial charge in [-0.15, -0.1) is 0 Å². The van der Waals surface area contributed by atoms with Crippen molar-refractivity contribution >= 4 is 0 Å². The van der Waals surface area contributed by atoms with Gasteiger partial charge in [-0.1, -0.05) is 6.92 Å². The van der Waals surface area contributed by atoms with E-state index in [0.29, 0.717) is 6.54 Å². The maximum Gasteiger partial charge on any atom is 0.0895 e. The van der Waals surface area contributed by atoms with Gasteiger partial charge in [0.2, 0.25) is 0 Å². The molecule has 1 aromatic rings. The molecule has 0 amide bonds. The zero-order valence-electron chi connectivity index (χ0n) is 9.19. The predicted molar refractivity (Wildman–Crippen MR) is 59.5 cm³/mol. The average molecular weight is 212 g/mol. The number of aryl methyl sites for hydroxylation is 1. The van der Waals surface area contributed by atoms with Crippen LogP contribution in [0.2, 0.25) is 0 Å². The molecule has 1 atom stereocenters. The summed E-state index contributed by atoms with van der Waals surface area (Å²) in [4.78, 5) is 0. The van der Waals surface area contributed by atoms with E-state index in [1.54, 1.807) is 0 Å². The minimum Gasteiger partial charge on any atom is -0.394 e. The SMILES string of the molecule is CCCn1ccc(CNCC(O)CO)c1. The van der Waals surface area contributed by atoms with Crippen molar-refractivity contribution in [1.82, 2.24) is 9.88 Å². The highest BCUT2D eigenvalue weighted by atomic mass is 16.3. The van der Waals surface area contributed by atoms with Gasteiger partial charge in [0.25, 0.3) is 0 Å². The number of nitrogens with one attached hydrogen (secondary N) is 1. The summed E-state index contributed by atoms with van der Waals surface area (Å²) < 4.78 is 2.15. The van der Waals surface area contributed by atoms with Crippen LogP contribution in [0.15, 0.2) is 18.5 Å². The predicted octanol–water partition coefficient (Wildman–Crippen LogP) is 0.341. The number of aromatic nitrogens is 1. The van der Waals surface area contributed by atoms with Gasteiger partial charge in [0.05, 0.1) is 12.7 Å². The van der Waals surface area contributed by atoms with Gasteiger partial charge in [0.15, 0.2) is 0 Å². The molecule has 4 heteroatoms. The maximum atomic E-state index is 9.11. The Bertz CT molecular complexity index is 273. The van der Waals surface area contributed by atoms with E-state index in [1.807, 2.05) is 0 Å². The van der Waals surface area contributed by atoms with Gasteiger partial charge in [0, 0.05) is 32.0 Å². The molecule has 1 unspecified atom stereocenters. The second-order valence-electron chi connectivity index (χ2n) is 3.72. The summed E-state index contributed by atoms with van der Waals surface area (Å²) in [5.74, 6) is 0. The van der Waals surface area contributed by atoms with E-state index in [2.05, 4.69) is 35.3 Å². The number of hydrogen-bond donors (Lipinski definition) is 3. The molecule has 0 aliphatic heterocycles. The Morgan fingerprint density at radius 2 is 2.33 bits per heavy atom. The van der Waals surface area contributed by atoms with Gasteiger partial charge in [-0.25, -0.2) is 0 Å². The lowest BCUT2D eigenvalue weighted by atomic mass is 10.3. The molecule has 1 aromatic heterocycles. The van der Waals surface area contributed by atoms with Gasteiger partial charge in [-0.3, -0.25) is 0 Å². The summed E-state index contributed by atoms with van der Waals surface area (Å²) in [6.07, 6.45) is 4.62. The summed E-state index contributed by atoms with van der Waals surface area (Å²) in [5, 5.41) is 20.8. The highest BCUT2D eigenvalue weighted by molar-refractivity contribution is 5.09. The highest BCUT2D eigenvalue weighted by Gasteiger charge is 2.01. The molecule has 0 bridgehead atoms. The molecule has 0 saturated heterocycles. The van der Waals surface area contributed by atoms with Crippen molar-refractivity contribution in [3.05, 3.63) is 24.0 Å². The Morgan fingerprint density at radius 1 is 1.53 bits per heavy atom. The fourth-order valence-corrected chi connectivity index (χ4v) is 1.44. The van der Waals surface area contributed by atoms with Crippen LogP contribution in [0, 0.1) is 0 Å². The van der Waals surface area contributed by atoms with Crippen LogP contribution in [-0.4, -0.2) is 34.0 Å². The number of aliphatic hydroxyl groups is 2. The summed E-state index contributed by atoms with van der Waals surface area (Å²) in [6.45, 7) is 4.15. The van der Waals surface area contributed by atoms with Crippen molar-refractivity contribution < 1.29 is 10.2 Å². The molecule has 0 saturated carbocycles. The van der Waals surface area contributed by atoms with Crippen molar-refractivity contribution in [2.24, 2.45) is 0 Å². The standard InChI is InChI=1S/C11H20N2O2/c1-2-4-13-5-3-10(8-13)6-12-7-11(15)9-14/h3,5,8,11-12,14-15H,2,4,6-7,9H2,1H3. The second kappa shape index (κ2) is 6.61. The smallest absolute Gasteiger partial charge is 0.0895 e. The Labute approximate surface area is 90.5 Å². The van der Waals surface area contributed by atoms with E-state index >= 15 is 0 Å². The summed E-state index contributed by atoms with van der Waals surface area (Å²) >= 11 is 0. The number of aliphatic hydroxyl groups excluding tert-OH is 2. The topological polar surface area (TPSA) is 57.4 Å². The largest absolute Gasteiger partial charge is 0.394 e. The Morgan fingerprint density at radius 3 is 3.00 bits per heavy atom. The average Bonchev–Trinajstić information content (AvgIpc) is 2.66. The molecule has 0 radical (unpaired) electrons. The molecule has 1 heterocycles. The van der Waals surface area contributed by atoms with E-state index < -0.39 is 6.10 Å². The molecule has 0 spiro atoms. The van der Waals surface area contributed by atoms with E-state index in [9.17, 15) is 0 Å². The third-order valence-electron chi connectivity index (χ3n) is 2.21. The third kappa shape index (κ3) is 4.46. The van der Waals surface area contributed by atoms with E-state index in [1.165, 1.54) is 5.56 Å². The van der Waals surface area contributed by atoms with Crippen LogP contribution in [0.4, 0.5) is 0 Å². The van der Waals surface area contributed by atoms with Gasteiger partial charge in [-0.05, 0) is 18.1 Å². The first kappa shape index (κ1) is 12.2. The molecule has 1 rings (SSSR count). The number of nitrogens with zero attached hydrogens (tertiary/aromatic N) is 1. The van der Waals surface area contributed by atoms with E-state index in [-0.39, 0.29) is 6.61 Å². The lowest BCUT2D eigenvalue weighted by Gasteiger charge is -2.07. The van der Waals surface area contributed by atoms with Crippen LogP contribution >= 0.6 is 0 Å². The Balaban J connectivity index is 2.25. The van der Waals surface area contributed by atoms with Crippen LogP contribution < -0.4 is 5.32 Å². The molecule has 4 nitrogen and oxygen atoms in total. The van der Waals surface area contributed by atoms with Gasteiger partial charge >= 0.3 is 0 Å². The zero-order valence-corrected chi connectivity index (χ0v) is 9.19. The lowest BCUT2D eigenvalue weighted by Crippen LogP contribution is -2.28. The molecule has 0 aliphatic carbocycles. The van der Waals surface area contributed by atoms with Crippen LogP contribution in [0.1, 0.15) is 18.9 Å². The first-order chi connectivity index (χ1) is 7.26. The summed E-state index contributed by atoms with van der Waals surface area (Å²) in [7, 11) is 0. The van der Waals surface area contributed by atoms with Crippen molar-refractivity contribution in [2.45, 2.75) is 32.5 Å². The van der Waals surface area contributed by atoms with Crippen molar-refractivity contribution in [1.29, 1.82) is 0 Å². The third-order valence-corrected chi connectivity index (χ3v) is 2.21.